The molecule has 76 valence electrons. The van der Waals surface area contributed by atoms with Crippen molar-refractivity contribution < 1.29 is 0 Å². The average Bonchev–Trinajstić information content (AvgIpc) is 2.18. The lowest BCUT2D eigenvalue weighted by Crippen LogP contribution is -2.30. The van der Waals surface area contributed by atoms with Gasteiger partial charge in [0.25, 0.3) is 0 Å². The molecule has 2 heterocycles. The molecule has 1 aromatic rings. The van der Waals surface area contributed by atoms with Crippen LogP contribution in [-0.2, 0) is 0 Å². The number of pyridine rings is 1. The number of aromatic nitrogens is 1. The highest BCUT2D eigenvalue weighted by Crippen LogP contribution is 2.21. The fourth-order valence-corrected chi connectivity index (χ4v) is 2.15. The summed E-state index contributed by atoms with van der Waals surface area (Å²) in [6.45, 7) is 4.29. The van der Waals surface area contributed by atoms with Gasteiger partial charge in [-0.3, -0.25) is 0 Å². The van der Waals surface area contributed by atoms with Crippen molar-refractivity contribution in [2.24, 2.45) is 0 Å². The maximum Gasteiger partial charge on any atom is 0.131 e. The van der Waals surface area contributed by atoms with Crippen LogP contribution in [0.15, 0.2) is 12.1 Å². The molecule has 1 aliphatic heterocycles. The fraction of sp³-hybridized carbons (Fsp3) is 0.545. The molecule has 1 aliphatic rings. The van der Waals surface area contributed by atoms with Gasteiger partial charge in [0.1, 0.15) is 11.0 Å². The van der Waals surface area contributed by atoms with Gasteiger partial charge in [-0.1, -0.05) is 11.6 Å². The van der Waals surface area contributed by atoms with Gasteiger partial charge in [-0.15, -0.1) is 0 Å². The van der Waals surface area contributed by atoms with E-state index >= 15 is 0 Å². The molecule has 0 atom stereocenters. The van der Waals surface area contributed by atoms with Gasteiger partial charge in [-0.2, -0.15) is 0 Å². The topological polar surface area (TPSA) is 16.1 Å². The van der Waals surface area contributed by atoms with Crippen LogP contribution in [-0.4, -0.2) is 18.1 Å². The molecule has 0 unspecified atom stereocenters. The summed E-state index contributed by atoms with van der Waals surface area (Å²) < 4.78 is 0. The fourth-order valence-electron chi connectivity index (χ4n) is 1.89. The monoisotopic (exact) mass is 210 g/mol. The number of hydrogen-bond acceptors (Lipinski definition) is 2. The van der Waals surface area contributed by atoms with Crippen LogP contribution >= 0.6 is 11.6 Å². The van der Waals surface area contributed by atoms with Gasteiger partial charge >= 0.3 is 0 Å². The Morgan fingerprint density at radius 1 is 1.21 bits per heavy atom. The molecule has 2 nitrogen and oxygen atoms in total. The van der Waals surface area contributed by atoms with E-state index in [1.54, 1.807) is 0 Å². The smallest absolute Gasteiger partial charge is 0.131 e. The number of halogens is 1. The molecule has 0 radical (unpaired) electrons. The van der Waals surface area contributed by atoms with Crippen LogP contribution in [0.5, 0.6) is 0 Å². The van der Waals surface area contributed by atoms with E-state index in [4.69, 9.17) is 11.6 Å². The predicted molar refractivity (Wildman–Crippen MR) is 60.0 cm³/mol. The second kappa shape index (κ2) is 4.18. The van der Waals surface area contributed by atoms with Crippen molar-refractivity contribution in [1.82, 2.24) is 4.98 Å². The Morgan fingerprint density at radius 2 is 1.93 bits per heavy atom. The van der Waals surface area contributed by atoms with Gasteiger partial charge < -0.3 is 4.90 Å². The summed E-state index contributed by atoms with van der Waals surface area (Å²) in [7, 11) is 0. The molecule has 0 amide bonds. The van der Waals surface area contributed by atoms with Crippen molar-refractivity contribution >= 4 is 17.4 Å². The first-order valence-corrected chi connectivity index (χ1v) is 5.52. The van der Waals surface area contributed by atoms with Crippen LogP contribution < -0.4 is 4.90 Å². The lowest BCUT2D eigenvalue weighted by molar-refractivity contribution is 0.573. The highest BCUT2D eigenvalue weighted by Gasteiger charge is 2.12. The van der Waals surface area contributed by atoms with Crippen LogP contribution in [0.25, 0.3) is 0 Å². The van der Waals surface area contributed by atoms with Crippen molar-refractivity contribution in [3.05, 3.63) is 22.8 Å². The first kappa shape index (κ1) is 9.78. The van der Waals surface area contributed by atoms with E-state index in [1.165, 1.54) is 24.8 Å². The van der Waals surface area contributed by atoms with Crippen molar-refractivity contribution in [3.8, 4) is 0 Å². The number of anilines is 1. The molecule has 2 rings (SSSR count). The molecule has 0 aromatic carbocycles. The minimum Gasteiger partial charge on any atom is -0.357 e. The van der Waals surface area contributed by atoms with E-state index in [9.17, 15) is 0 Å². The maximum atomic E-state index is 5.93. The SMILES string of the molecule is Cc1cc(Cl)nc(N2CCCCC2)c1. The number of nitrogens with zero attached hydrogens (tertiary/aromatic N) is 2. The molecule has 0 spiro atoms. The van der Waals surface area contributed by atoms with E-state index in [0.717, 1.165) is 18.9 Å². The lowest BCUT2D eigenvalue weighted by atomic mass is 10.1. The quantitative estimate of drug-likeness (QED) is 0.663. The Kier molecular flexibility index (Phi) is 2.92. The van der Waals surface area contributed by atoms with Crippen molar-refractivity contribution in [2.45, 2.75) is 26.2 Å². The molecule has 14 heavy (non-hydrogen) atoms. The van der Waals surface area contributed by atoms with Crippen LogP contribution in [0, 0.1) is 6.92 Å². The van der Waals surface area contributed by atoms with Gasteiger partial charge in [0.2, 0.25) is 0 Å². The first-order chi connectivity index (χ1) is 6.75. The maximum absolute atomic E-state index is 5.93. The van der Waals surface area contributed by atoms with E-state index in [2.05, 4.69) is 22.9 Å². The summed E-state index contributed by atoms with van der Waals surface area (Å²) in [5.41, 5.74) is 1.19. The zero-order chi connectivity index (χ0) is 9.97. The summed E-state index contributed by atoms with van der Waals surface area (Å²) in [6.07, 6.45) is 3.89. The van der Waals surface area contributed by atoms with Gasteiger partial charge in [0.15, 0.2) is 0 Å². The van der Waals surface area contributed by atoms with Gasteiger partial charge in [0.05, 0.1) is 0 Å². The molecule has 0 bridgehead atoms. The molecule has 1 fully saturated rings. The summed E-state index contributed by atoms with van der Waals surface area (Å²) in [5, 5.41) is 0.602. The van der Waals surface area contributed by atoms with Gasteiger partial charge in [-0.05, 0) is 43.9 Å². The second-order valence-electron chi connectivity index (χ2n) is 3.87. The molecule has 0 aliphatic carbocycles. The molecule has 0 saturated carbocycles. The lowest BCUT2D eigenvalue weighted by Gasteiger charge is -2.27. The van der Waals surface area contributed by atoms with Gasteiger partial charge in [-0.25, -0.2) is 4.98 Å². The van der Waals surface area contributed by atoms with E-state index in [1.807, 2.05) is 6.07 Å². The Morgan fingerprint density at radius 3 is 2.57 bits per heavy atom. The van der Waals surface area contributed by atoms with Crippen molar-refractivity contribution in [1.29, 1.82) is 0 Å². The molecule has 0 N–H and O–H groups in total. The Hall–Kier alpha value is -0.760. The van der Waals surface area contributed by atoms with Crippen LogP contribution in [0.3, 0.4) is 0 Å². The third-order valence-corrected chi connectivity index (χ3v) is 2.80. The number of rotatable bonds is 1. The zero-order valence-electron chi connectivity index (χ0n) is 8.46. The second-order valence-corrected chi connectivity index (χ2v) is 4.26. The minimum absolute atomic E-state index is 0.602. The van der Waals surface area contributed by atoms with Crippen LogP contribution in [0.4, 0.5) is 5.82 Å². The number of aryl methyl sites for hydroxylation is 1. The standard InChI is InChI=1S/C11H15ClN2/c1-9-7-10(12)13-11(8-9)14-5-3-2-4-6-14/h7-8H,2-6H2,1H3. The van der Waals surface area contributed by atoms with E-state index in [-0.39, 0.29) is 0 Å². The average molecular weight is 211 g/mol. The summed E-state index contributed by atoms with van der Waals surface area (Å²) in [5.74, 6) is 1.04. The van der Waals surface area contributed by atoms with Crippen molar-refractivity contribution in [2.75, 3.05) is 18.0 Å². The largest absolute Gasteiger partial charge is 0.357 e. The first-order valence-electron chi connectivity index (χ1n) is 5.15. The molecule has 3 heteroatoms. The Labute approximate surface area is 89.9 Å². The zero-order valence-corrected chi connectivity index (χ0v) is 9.22. The molecule has 1 aromatic heterocycles. The number of piperidine rings is 1. The highest BCUT2D eigenvalue weighted by atomic mass is 35.5. The Balaban J connectivity index is 2.21. The van der Waals surface area contributed by atoms with Crippen LogP contribution in [0.1, 0.15) is 24.8 Å². The summed E-state index contributed by atoms with van der Waals surface area (Å²) >= 11 is 5.93. The van der Waals surface area contributed by atoms with E-state index < -0.39 is 0 Å². The summed E-state index contributed by atoms with van der Waals surface area (Å²) in [4.78, 5) is 6.67. The normalized spacial score (nSPS) is 17.1. The molecular formula is C11H15ClN2. The Bertz CT molecular complexity index is 299. The third kappa shape index (κ3) is 2.18. The van der Waals surface area contributed by atoms with Crippen molar-refractivity contribution in [3.63, 3.8) is 0 Å². The predicted octanol–water partition coefficient (Wildman–Crippen LogP) is 3.03. The van der Waals surface area contributed by atoms with Crippen LogP contribution in [0.2, 0.25) is 5.15 Å². The molecular weight excluding hydrogens is 196 g/mol. The molecule has 1 saturated heterocycles. The summed E-state index contributed by atoms with van der Waals surface area (Å²) in [6, 6.07) is 4.01. The van der Waals surface area contributed by atoms with Gasteiger partial charge in [0, 0.05) is 13.1 Å². The highest BCUT2D eigenvalue weighted by molar-refractivity contribution is 6.29. The third-order valence-electron chi connectivity index (χ3n) is 2.60. The minimum atomic E-state index is 0.602. The number of hydrogen-bond donors (Lipinski definition) is 0. The van der Waals surface area contributed by atoms with E-state index in [0.29, 0.717) is 5.15 Å².